The Morgan fingerprint density at radius 2 is 1.91 bits per heavy atom. The van der Waals surface area contributed by atoms with Gasteiger partial charge < -0.3 is 0 Å². The Morgan fingerprint density at radius 3 is 2.55 bits per heavy atom. The van der Waals surface area contributed by atoms with E-state index in [9.17, 15) is 9.59 Å². The number of aromatic nitrogens is 4. The fourth-order valence-electron chi connectivity index (χ4n) is 2.36. The van der Waals surface area contributed by atoms with Gasteiger partial charge in [-0.2, -0.15) is 0 Å². The fourth-order valence-corrected chi connectivity index (χ4v) is 3.06. The van der Waals surface area contributed by atoms with Crippen LogP contribution >= 0.6 is 23.4 Å². The molecule has 2 N–H and O–H groups in total. The van der Waals surface area contributed by atoms with Gasteiger partial charge in [0.2, 0.25) is 0 Å². The second-order valence-corrected chi connectivity index (χ2v) is 6.09. The number of nitrogens with one attached hydrogen (secondary N) is 2. The molecule has 3 aromatic rings. The fraction of sp³-hybridized carbons (Fsp3) is 0.214. The topological polar surface area (TPSA) is 74.5 Å². The van der Waals surface area contributed by atoms with Crippen LogP contribution in [0.2, 0.25) is 5.02 Å². The normalized spacial score (nSPS) is 11.2. The van der Waals surface area contributed by atoms with E-state index in [0.29, 0.717) is 22.7 Å². The standard InChI is InChI=1S/C14H13ClN4O2S/c1-18-11-10(12(20)17-13(18)21)19(14(16-11)22-2)7-8-3-5-9(15)6-4-8/h3-6H,7H2,1-2H3,(H,17,20,21)/p+1. The predicted molar refractivity (Wildman–Crippen MR) is 86.7 cm³/mol. The maximum Gasteiger partial charge on any atom is 0.331 e. The summed E-state index contributed by atoms with van der Waals surface area (Å²) in [6.07, 6.45) is 1.91. The SMILES string of the molecule is CSc1[nH]c2c(c(=O)[nH]c(=O)n2C)[n+]1Cc1ccc(Cl)cc1. The van der Waals surface area contributed by atoms with Gasteiger partial charge in [0, 0.05) is 12.1 Å². The molecule has 0 radical (unpaired) electrons. The molecule has 0 fully saturated rings. The largest absolute Gasteiger partial charge is 0.331 e. The molecular weight excluding hydrogens is 324 g/mol. The Balaban J connectivity index is 2.24. The van der Waals surface area contributed by atoms with Crippen molar-refractivity contribution in [2.75, 3.05) is 6.26 Å². The summed E-state index contributed by atoms with van der Waals surface area (Å²) < 4.78 is 3.26. The highest BCUT2D eigenvalue weighted by Crippen LogP contribution is 2.14. The van der Waals surface area contributed by atoms with E-state index in [1.54, 1.807) is 7.05 Å². The number of imidazole rings is 1. The van der Waals surface area contributed by atoms with E-state index in [-0.39, 0.29) is 0 Å². The molecule has 0 unspecified atom stereocenters. The van der Waals surface area contributed by atoms with Gasteiger partial charge in [-0.05, 0) is 35.7 Å². The van der Waals surface area contributed by atoms with Crippen molar-refractivity contribution in [2.45, 2.75) is 11.7 Å². The summed E-state index contributed by atoms with van der Waals surface area (Å²) in [6.45, 7) is 0.509. The number of hydrogen-bond acceptors (Lipinski definition) is 3. The average molecular weight is 338 g/mol. The third-order valence-corrected chi connectivity index (χ3v) is 4.45. The van der Waals surface area contributed by atoms with Crippen molar-refractivity contribution < 1.29 is 4.57 Å². The van der Waals surface area contributed by atoms with Gasteiger partial charge in [-0.15, -0.1) is 0 Å². The lowest BCUT2D eigenvalue weighted by atomic mass is 10.2. The quantitative estimate of drug-likeness (QED) is 0.558. The first-order valence-electron chi connectivity index (χ1n) is 6.54. The molecule has 3 rings (SSSR count). The van der Waals surface area contributed by atoms with Crippen LogP contribution in [0.4, 0.5) is 0 Å². The Kier molecular flexibility index (Phi) is 3.84. The van der Waals surface area contributed by atoms with Gasteiger partial charge in [0.25, 0.3) is 11.2 Å². The van der Waals surface area contributed by atoms with Gasteiger partial charge in [0.1, 0.15) is 6.54 Å². The van der Waals surface area contributed by atoms with Gasteiger partial charge in [0.05, 0.1) is 0 Å². The van der Waals surface area contributed by atoms with Crippen LogP contribution in [0, 0.1) is 0 Å². The molecule has 6 nitrogen and oxygen atoms in total. The number of rotatable bonds is 3. The number of aromatic amines is 2. The number of thioether (sulfide) groups is 1. The minimum atomic E-state index is -0.440. The smallest absolute Gasteiger partial charge is 0.270 e. The highest BCUT2D eigenvalue weighted by Gasteiger charge is 2.24. The molecule has 2 heterocycles. The Hall–Kier alpha value is -1.99. The number of fused-ring (bicyclic) bond motifs is 1. The highest BCUT2D eigenvalue weighted by molar-refractivity contribution is 7.98. The van der Waals surface area contributed by atoms with Crippen molar-refractivity contribution in [1.29, 1.82) is 0 Å². The maximum atomic E-state index is 12.2. The van der Waals surface area contributed by atoms with E-state index in [4.69, 9.17) is 11.6 Å². The summed E-state index contributed by atoms with van der Waals surface area (Å²) in [5, 5.41) is 1.47. The third-order valence-electron chi connectivity index (χ3n) is 3.49. The van der Waals surface area contributed by atoms with Crippen LogP contribution in [0.25, 0.3) is 11.2 Å². The van der Waals surface area contributed by atoms with Crippen molar-refractivity contribution in [2.24, 2.45) is 7.05 Å². The van der Waals surface area contributed by atoms with Gasteiger partial charge >= 0.3 is 16.4 Å². The number of benzene rings is 1. The van der Waals surface area contributed by atoms with Crippen LogP contribution < -0.4 is 15.8 Å². The first-order chi connectivity index (χ1) is 10.5. The highest BCUT2D eigenvalue weighted by atomic mass is 35.5. The zero-order valence-electron chi connectivity index (χ0n) is 12.0. The van der Waals surface area contributed by atoms with Crippen LogP contribution in [-0.2, 0) is 13.6 Å². The lowest BCUT2D eigenvalue weighted by Gasteiger charge is -2.01. The van der Waals surface area contributed by atoms with Crippen molar-refractivity contribution in [3.05, 3.63) is 55.7 Å². The number of aryl methyl sites for hydroxylation is 1. The van der Waals surface area contributed by atoms with Gasteiger partial charge in [0.15, 0.2) is 0 Å². The summed E-state index contributed by atoms with van der Waals surface area (Å²) in [6, 6.07) is 7.44. The molecule has 0 saturated carbocycles. The Labute approximate surface area is 134 Å². The van der Waals surface area contributed by atoms with E-state index in [2.05, 4.69) is 9.97 Å². The Bertz CT molecular complexity index is 956. The summed E-state index contributed by atoms with van der Waals surface area (Å²) >= 11 is 7.38. The Morgan fingerprint density at radius 1 is 1.23 bits per heavy atom. The van der Waals surface area contributed by atoms with E-state index in [0.717, 1.165) is 10.7 Å². The monoisotopic (exact) mass is 337 g/mol. The van der Waals surface area contributed by atoms with Gasteiger partial charge in [-0.1, -0.05) is 23.7 Å². The second kappa shape index (κ2) is 5.66. The molecule has 0 atom stereocenters. The molecule has 1 aromatic carbocycles. The van der Waals surface area contributed by atoms with E-state index < -0.39 is 11.2 Å². The van der Waals surface area contributed by atoms with Crippen molar-refractivity contribution in [3.63, 3.8) is 0 Å². The van der Waals surface area contributed by atoms with Crippen LogP contribution in [-0.4, -0.2) is 20.8 Å². The van der Waals surface area contributed by atoms with Crippen LogP contribution in [0.15, 0.2) is 39.0 Å². The molecule has 0 amide bonds. The minimum absolute atomic E-state index is 0.399. The summed E-state index contributed by atoms with van der Waals surface area (Å²) in [5.74, 6) is 0. The third kappa shape index (κ3) is 2.46. The van der Waals surface area contributed by atoms with Crippen molar-refractivity contribution >= 4 is 34.5 Å². The molecule has 0 aliphatic carbocycles. The maximum absolute atomic E-state index is 12.2. The molecule has 8 heteroatoms. The second-order valence-electron chi connectivity index (χ2n) is 4.86. The van der Waals surface area contributed by atoms with Gasteiger partial charge in [-0.25, -0.2) is 14.3 Å². The molecular formula is C14H14ClN4O2S+. The van der Waals surface area contributed by atoms with E-state index >= 15 is 0 Å². The zero-order valence-corrected chi connectivity index (χ0v) is 13.6. The minimum Gasteiger partial charge on any atom is -0.270 e. The van der Waals surface area contributed by atoms with Crippen molar-refractivity contribution in [3.8, 4) is 0 Å². The van der Waals surface area contributed by atoms with Crippen LogP contribution in [0.1, 0.15) is 5.56 Å². The lowest BCUT2D eigenvalue weighted by molar-refractivity contribution is -0.700. The van der Waals surface area contributed by atoms with Gasteiger partial charge in [-0.3, -0.25) is 14.3 Å². The molecule has 22 heavy (non-hydrogen) atoms. The van der Waals surface area contributed by atoms with Crippen molar-refractivity contribution in [1.82, 2.24) is 14.5 Å². The zero-order chi connectivity index (χ0) is 15.9. The number of nitrogens with zero attached hydrogens (tertiary/aromatic N) is 2. The molecule has 114 valence electrons. The first kappa shape index (κ1) is 14.9. The van der Waals surface area contributed by atoms with E-state index in [1.165, 1.54) is 16.3 Å². The molecule has 0 saturated heterocycles. The van der Waals surface area contributed by atoms with Crippen LogP contribution in [0.5, 0.6) is 0 Å². The molecule has 0 aliphatic rings. The number of H-pyrrole nitrogens is 2. The summed E-state index contributed by atoms with van der Waals surface area (Å²) in [5.41, 5.74) is 1.13. The first-order valence-corrected chi connectivity index (χ1v) is 8.15. The molecule has 0 spiro atoms. The lowest BCUT2D eigenvalue weighted by Crippen LogP contribution is -2.41. The molecule has 2 aromatic heterocycles. The number of halogens is 1. The molecule has 0 bridgehead atoms. The average Bonchev–Trinajstić information content (AvgIpc) is 2.86. The van der Waals surface area contributed by atoms with Crippen LogP contribution in [0.3, 0.4) is 0 Å². The predicted octanol–water partition coefficient (Wildman–Crippen LogP) is 1.27. The number of hydrogen-bond donors (Lipinski definition) is 2. The molecule has 0 aliphatic heterocycles. The van der Waals surface area contributed by atoms with E-state index in [1.807, 2.05) is 35.1 Å². The summed E-state index contributed by atoms with van der Waals surface area (Å²) in [7, 11) is 1.62. The summed E-state index contributed by atoms with van der Waals surface area (Å²) in [4.78, 5) is 29.4.